The van der Waals surface area contributed by atoms with Gasteiger partial charge in [-0.1, -0.05) is 6.92 Å². The molecular formula is C17H16F2N2S2. The molecule has 0 spiro atoms. The molecule has 0 amide bonds. The van der Waals surface area contributed by atoms with E-state index in [1.54, 1.807) is 0 Å². The maximum Gasteiger partial charge on any atom is 0.178 e. The molecular weight excluding hydrogens is 334 g/mol. The molecule has 0 aliphatic rings. The van der Waals surface area contributed by atoms with Crippen LogP contribution >= 0.6 is 23.1 Å². The van der Waals surface area contributed by atoms with E-state index >= 15 is 0 Å². The van der Waals surface area contributed by atoms with Crippen LogP contribution in [0.4, 0.5) is 14.5 Å². The van der Waals surface area contributed by atoms with Gasteiger partial charge in [0.25, 0.3) is 0 Å². The second kappa shape index (κ2) is 7.27. The summed E-state index contributed by atoms with van der Waals surface area (Å²) < 4.78 is 27.2. The fourth-order valence-electron chi connectivity index (χ4n) is 2.12. The summed E-state index contributed by atoms with van der Waals surface area (Å²) >= 11 is 3.01. The largest absolute Gasteiger partial charge is 0.379 e. The molecule has 120 valence electrons. The fraction of sp³-hybridized carbons (Fsp3) is 0.235. The molecule has 0 aliphatic carbocycles. The summed E-state index contributed by atoms with van der Waals surface area (Å²) in [7, 11) is 0. The van der Waals surface area contributed by atoms with Crippen molar-refractivity contribution in [3.05, 3.63) is 53.0 Å². The van der Waals surface area contributed by atoms with E-state index in [9.17, 15) is 8.78 Å². The van der Waals surface area contributed by atoms with Gasteiger partial charge in [0.2, 0.25) is 0 Å². The molecule has 0 fully saturated rings. The van der Waals surface area contributed by atoms with Gasteiger partial charge in [0.05, 0.1) is 16.8 Å². The zero-order chi connectivity index (χ0) is 16.2. The Morgan fingerprint density at radius 2 is 1.91 bits per heavy atom. The van der Waals surface area contributed by atoms with E-state index in [0.717, 1.165) is 28.9 Å². The molecule has 1 heterocycles. The quantitative estimate of drug-likeness (QED) is 0.578. The number of rotatable bonds is 6. The highest BCUT2D eigenvalue weighted by molar-refractivity contribution is 7.99. The molecule has 1 N–H and O–H groups in total. The van der Waals surface area contributed by atoms with Gasteiger partial charge in [-0.15, -0.1) is 23.1 Å². The average Bonchev–Trinajstić information content (AvgIpc) is 2.99. The normalized spacial score (nSPS) is 11.1. The highest BCUT2D eigenvalue weighted by Crippen LogP contribution is 2.27. The molecule has 0 saturated heterocycles. The van der Waals surface area contributed by atoms with Crippen LogP contribution < -0.4 is 5.32 Å². The maximum absolute atomic E-state index is 13.7. The summed E-state index contributed by atoms with van der Waals surface area (Å²) in [6.45, 7) is 2.65. The third-order valence-corrected chi connectivity index (χ3v) is 5.55. The molecule has 23 heavy (non-hydrogen) atoms. The van der Waals surface area contributed by atoms with Gasteiger partial charge in [-0.05, 0) is 48.6 Å². The zero-order valence-electron chi connectivity index (χ0n) is 12.6. The number of hydrogen-bond donors (Lipinski definition) is 1. The fourth-order valence-corrected chi connectivity index (χ4v) is 3.82. The highest BCUT2D eigenvalue weighted by atomic mass is 32.2. The summed E-state index contributed by atoms with van der Waals surface area (Å²) in [6, 6.07) is 10.8. The van der Waals surface area contributed by atoms with E-state index in [0.29, 0.717) is 12.1 Å². The molecule has 2 nitrogen and oxygen atoms in total. The smallest absolute Gasteiger partial charge is 0.178 e. The van der Waals surface area contributed by atoms with Gasteiger partial charge >= 0.3 is 0 Å². The number of anilines is 1. The van der Waals surface area contributed by atoms with Crippen LogP contribution in [0.15, 0.2) is 41.3 Å². The standard InChI is InChI=1S/C17H16F2N2S2/c1-2-9-22-12-5-3-11(4-6-12)20-10-15-21-14-8-7-13(18)16(19)17(14)23-15/h3-8,20H,2,9-10H2,1H3. The Morgan fingerprint density at radius 1 is 1.13 bits per heavy atom. The summed E-state index contributed by atoms with van der Waals surface area (Å²) in [5.41, 5.74) is 1.48. The van der Waals surface area contributed by atoms with Crippen molar-refractivity contribution in [3.63, 3.8) is 0 Å². The molecule has 0 saturated carbocycles. The Bertz CT molecular complexity index is 800. The summed E-state index contributed by atoms with van der Waals surface area (Å²) in [5, 5.41) is 3.99. The van der Waals surface area contributed by atoms with E-state index in [4.69, 9.17) is 0 Å². The van der Waals surface area contributed by atoms with Crippen molar-refractivity contribution in [2.45, 2.75) is 24.8 Å². The van der Waals surface area contributed by atoms with Gasteiger partial charge in [0.15, 0.2) is 11.6 Å². The molecule has 0 bridgehead atoms. The van der Waals surface area contributed by atoms with Crippen LogP contribution in [-0.2, 0) is 6.54 Å². The predicted octanol–water partition coefficient (Wildman–Crippen LogP) is 5.69. The lowest BCUT2D eigenvalue weighted by atomic mass is 10.3. The van der Waals surface area contributed by atoms with Gasteiger partial charge in [-0.3, -0.25) is 0 Å². The van der Waals surface area contributed by atoms with Gasteiger partial charge in [0, 0.05) is 10.6 Å². The first-order chi connectivity index (χ1) is 11.2. The number of aromatic nitrogens is 1. The molecule has 0 atom stereocenters. The SMILES string of the molecule is CCCSc1ccc(NCc2nc3ccc(F)c(F)c3s2)cc1. The topological polar surface area (TPSA) is 24.9 Å². The van der Waals surface area contributed by atoms with Gasteiger partial charge < -0.3 is 5.32 Å². The highest BCUT2D eigenvalue weighted by Gasteiger charge is 2.12. The minimum absolute atomic E-state index is 0.271. The Hall–Kier alpha value is -1.66. The summed E-state index contributed by atoms with van der Waals surface area (Å²) in [6.07, 6.45) is 1.15. The number of halogens is 2. The van der Waals surface area contributed by atoms with Crippen molar-refractivity contribution in [3.8, 4) is 0 Å². The lowest BCUT2D eigenvalue weighted by molar-refractivity contribution is 0.518. The number of fused-ring (bicyclic) bond motifs is 1. The first-order valence-corrected chi connectivity index (χ1v) is 9.17. The minimum atomic E-state index is -0.833. The molecule has 2 aromatic carbocycles. The second-order valence-electron chi connectivity index (χ2n) is 5.04. The third-order valence-electron chi connectivity index (χ3n) is 3.27. The second-order valence-corrected chi connectivity index (χ2v) is 7.30. The molecule has 3 rings (SSSR count). The zero-order valence-corrected chi connectivity index (χ0v) is 14.2. The van der Waals surface area contributed by atoms with Crippen molar-refractivity contribution < 1.29 is 8.78 Å². The van der Waals surface area contributed by atoms with Gasteiger partial charge in [-0.2, -0.15) is 0 Å². The van der Waals surface area contributed by atoms with Crippen LogP contribution in [0.5, 0.6) is 0 Å². The van der Waals surface area contributed by atoms with Crippen LogP contribution in [0.3, 0.4) is 0 Å². The van der Waals surface area contributed by atoms with Crippen LogP contribution in [0.25, 0.3) is 10.2 Å². The lowest BCUT2D eigenvalue weighted by Gasteiger charge is -2.05. The number of hydrogen-bond acceptors (Lipinski definition) is 4. The Labute approximate surface area is 141 Å². The number of nitrogens with one attached hydrogen (secondary N) is 1. The average molecular weight is 350 g/mol. The molecule has 0 unspecified atom stereocenters. The van der Waals surface area contributed by atoms with Crippen molar-refractivity contribution in [1.29, 1.82) is 0 Å². The third kappa shape index (κ3) is 3.82. The monoisotopic (exact) mass is 350 g/mol. The van der Waals surface area contributed by atoms with Gasteiger partial charge in [-0.25, -0.2) is 13.8 Å². The molecule has 3 aromatic rings. The molecule has 0 aliphatic heterocycles. The summed E-state index contributed by atoms with van der Waals surface area (Å²) in [4.78, 5) is 5.58. The number of nitrogens with zero attached hydrogens (tertiary/aromatic N) is 1. The van der Waals surface area contributed by atoms with E-state index in [1.807, 2.05) is 23.9 Å². The number of thioether (sulfide) groups is 1. The Kier molecular flexibility index (Phi) is 5.13. The first kappa shape index (κ1) is 16.2. The van der Waals surface area contributed by atoms with Crippen molar-refractivity contribution in [2.24, 2.45) is 0 Å². The van der Waals surface area contributed by atoms with Gasteiger partial charge in [0.1, 0.15) is 5.01 Å². The van der Waals surface area contributed by atoms with E-state index in [2.05, 4.69) is 29.4 Å². The predicted molar refractivity (Wildman–Crippen MR) is 94.3 cm³/mol. The molecule has 0 radical (unpaired) electrons. The van der Waals surface area contributed by atoms with Crippen molar-refractivity contribution >= 4 is 39.0 Å². The van der Waals surface area contributed by atoms with Crippen molar-refractivity contribution in [1.82, 2.24) is 4.98 Å². The first-order valence-electron chi connectivity index (χ1n) is 7.37. The number of thiazole rings is 1. The Balaban J connectivity index is 1.67. The van der Waals surface area contributed by atoms with Crippen LogP contribution in [-0.4, -0.2) is 10.7 Å². The maximum atomic E-state index is 13.7. The molecule has 6 heteroatoms. The number of benzene rings is 2. The van der Waals surface area contributed by atoms with Crippen LogP contribution in [0.2, 0.25) is 0 Å². The minimum Gasteiger partial charge on any atom is -0.379 e. The van der Waals surface area contributed by atoms with Crippen LogP contribution in [0, 0.1) is 11.6 Å². The van der Waals surface area contributed by atoms with E-state index < -0.39 is 11.6 Å². The van der Waals surface area contributed by atoms with E-state index in [-0.39, 0.29) is 4.70 Å². The van der Waals surface area contributed by atoms with Crippen LogP contribution in [0.1, 0.15) is 18.4 Å². The van der Waals surface area contributed by atoms with E-state index in [1.165, 1.54) is 22.3 Å². The molecule has 1 aromatic heterocycles. The lowest BCUT2D eigenvalue weighted by Crippen LogP contribution is -1.98. The Morgan fingerprint density at radius 3 is 2.65 bits per heavy atom. The van der Waals surface area contributed by atoms with Crippen molar-refractivity contribution in [2.75, 3.05) is 11.1 Å². The summed E-state index contributed by atoms with van der Waals surface area (Å²) in [5.74, 6) is -0.537.